The van der Waals surface area contributed by atoms with Crippen molar-refractivity contribution in [2.24, 2.45) is 5.92 Å². The van der Waals surface area contributed by atoms with Crippen LogP contribution in [0.25, 0.3) is 0 Å². The summed E-state index contributed by atoms with van der Waals surface area (Å²) in [4.78, 5) is 13.2. The summed E-state index contributed by atoms with van der Waals surface area (Å²) in [5.41, 5.74) is 1.79. The van der Waals surface area contributed by atoms with Crippen LogP contribution in [0, 0.1) is 5.92 Å². The molecule has 4 heteroatoms. The molecule has 0 bridgehead atoms. The van der Waals surface area contributed by atoms with Gasteiger partial charge in [-0.1, -0.05) is 13.0 Å². The first-order valence-electron chi connectivity index (χ1n) is 6.23. The molecule has 0 radical (unpaired) electrons. The second kappa shape index (κ2) is 3.72. The van der Waals surface area contributed by atoms with Crippen LogP contribution in [0.2, 0.25) is 0 Å². The molecular formula is C14H17NO3. The summed E-state index contributed by atoms with van der Waals surface area (Å²) in [6, 6.07) is 5.88. The zero-order chi connectivity index (χ0) is 12.9. The number of nitrogens with zero attached hydrogens (tertiary/aromatic N) is 1. The highest BCUT2D eigenvalue weighted by molar-refractivity contribution is 5.97. The van der Waals surface area contributed by atoms with Crippen LogP contribution in [0.3, 0.4) is 0 Å². The number of likely N-dealkylation sites (N-methyl/N-ethyl adjacent to an activating group) is 1. The predicted octanol–water partition coefficient (Wildman–Crippen LogP) is 1.31. The third kappa shape index (κ3) is 1.45. The first-order valence-corrected chi connectivity index (χ1v) is 6.23. The van der Waals surface area contributed by atoms with Crippen LogP contribution in [0.5, 0.6) is 5.75 Å². The molecule has 1 aromatic carbocycles. The predicted molar refractivity (Wildman–Crippen MR) is 67.9 cm³/mol. The van der Waals surface area contributed by atoms with Gasteiger partial charge in [0.2, 0.25) is 0 Å². The van der Waals surface area contributed by atoms with E-state index in [2.05, 4.69) is 6.92 Å². The molecule has 0 aromatic heterocycles. The smallest absolute Gasteiger partial charge is 0.264 e. The molecule has 1 fully saturated rings. The number of hydrogen-bond donors (Lipinski definition) is 1. The van der Waals surface area contributed by atoms with E-state index >= 15 is 0 Å². The van der Waals surface area contributed by atoms with Gasteiger partial charge in [0.25, 0.3) is 5.91 Å². The van der Waals surface area contributed by atoms with Gasteiger partial charge in [0.05, 0.1) is 12.3 Å². The third-order valence-corrected chi connectivity index (χ3v) is 4.36. The Kier molecular flexibility index (Phi) is 2.38. The molecular weight excluding hydrogens is 230 g/mol. The molecule has 0 saturated heterocycles. The second-order valence-electron chi connectivity index (χ2n) is 5.34. The van der Waals surface area contributed by atoms with Crippen LogP contribution in [-0.4, -0.2) is 31.3 Å². The molecule has 4 nitrogen and oxygen atoms in total. The van der Waals surface area contributed by atoms with Gasteiger partial charge in [-0.3, -0.25) is 4.79 Å². The minimum absolute atomic E-state index is 0.0402. The topological polar surface area (TPSA) is 49.8 Å². The number of hydrogen-bond acceptors (Lipinski definition) is 3. The number of fused-ring (bicyclic) bond motifs is 1. The van der Waals surface area contributed by atoms with E-state index in [-0.39, 0.29) is 24.5 Å². The van der Waals surface area contributed by atoms with E-state index in [9.17, 15) is 9.90 Å². The van der Waals surface area contributed by atoms with Gasteiger partial charge in [0.1, 0.15) is 5.75 Å². The lowest BCUT2D eigenvalue weighted by atomic mass is 9.93. The highest BCUT2D eigenvalue weighted by atomic mass is 16.5. The first kappa shape index (κ1) is 11.5. The van der Waals surface area contributed by atoms with Crippen LogP contribution < -0.4 is 9.64 Å². The summed E-state index contributed by atoms with van der Waals surface area (Å²) in [5, 5.41) is 9.59. The average Bonchev–Trinajstić information content (AvgIpc) is 3.06. The molecule has 1 N–H and O–H groups in total. The molecule has 18 heavy (non-hydrogen) atoms. The summed E-state index contributed by atoms with van der Waals surface area (Å²) in [5.74, 6) is 1.19. The van der Waals surface area contributed by atoms with Crippen molar-refractivity contribution in [3.8, 4) is 5.75 Å². The van der Waals surface area contributed by atoms with E-state index < -0.39 is 0 Å². The Labute approximate surface area is 106 Å². The van der Waals surface area contributed by atoms with Crippen molar-refractivity contribution < 1.29 is 14.6 Å². The number of aliphatic hydroxyl groups is 1. The Morgan fingerprint density at radius 3 is 2.89 bits per heavy atom. The lowest BCUT2D eigenvalue weighted by Gasteiger charge is -2.27. The maximum absolute atomic E-state index is 11.6. The standard InChI is InChI=1S/C14H17NO3/c1-9-6-14(9,8-16)10-3-4-12-11(5-10)15(2)13(17)7-18-12/h3-5,9,16H,6-8H2,1-2H3. The summed E-state index contributed by atoms with van der Waals surface area (Å²) in [6.07, 6.45) is 1.00. The van der Waals surface area contributed by atoms with Gasteiger partial charge in [-0.15, -0.1) is 0 Å². The van der Waals surface area contributed by atoms with E-state index in [1.165, 1.54) is 0 Å². The number of carbonyl (C=O) groups excluding carboxylic acids is 1. The van der Waals surface area contributed by atoms with E-state index in [4.69, 9.17) is 4.74 Å². The Morgan fingerprint density at radius 2 is 2.28 bits per heavy atom. The second-order valence-corrected chi connectivity index (χ2v) is 5.34. The molecule has 1 aromatic rings. The van der Waals surface area contributed by atoms with Crippen LogP contribution in [0.4, 0.5) is 5.69 Å². The number of benzene rings is 1. The van der Waals surface area contributed by atoms with Gasteiger partial charge in [0, 0.05) is 12.5 Å². The number of amides is 1. The van der Waals surface area contributed by atoms with Crippen molar-refractivity contribution >= 4 is 11.6 Å². The van der Waals surface area contributed by atoms with E-state index in [0.717, 1.165) is 23.4 Å². The van der Waals surface area contributed by atoms with Crippen LogP contribution >= 0.6 is 0 Å². The Morgan fingerprint density at radius 1 is 1.56 bits per heavy atom. The summed E-state index contributed by atoms with van der Waals surface area (Å²) in [6.45, 7) is 2.40. The molecule has 2 unspecified atom stereocenters. The van der Waals surface area contributed by atoms with Crippen LogP contribution in [-0.2, 0) is 10.2 Å². The molecule has 1 amide bonds. The Bertz CT molecular complexity index is 510. The number of carbonyl (C=O) groups is 1. The minimum atomic E-state index is -0.115. The number of aliphatic hydroxyl groups excluding tert-OH is 1. The first-order chi connectivity index (χ1) is 8.58. The molecule has 1 saturated carbocycles. The molecule has 2 aliphatic rings. The van der Waals surface area contributed by atoms with Gasteiger partial charge in [-0.2, -0.15) is 0 Å². The van der Waals surface area contributed by atoms with Gasteiger partial charge >= 0.3 is 0 Å². The number of ether oxygens (including phenoxy) is 1. The maximum atomic E-state index is 11.6. The van der Waals surface area contributed by atoms with Gasteiger partial charge in [-0.25, -0.2) is 0 Å². The number of anilines is 1. The maximum Gasteiger partial charge on any atom is 0.264 e. The van der Waals surface area contributed by atoms with E-state index in [1.54, 1.807) is 11.9 Å². The number of rotatable bonds is 2. The Hall–Kier alpha value is -1.55. The normalized spacial score (nSPS) is 29.8. The van der Waals surface area contributed by atoms with E-state index in [1.807, 2.05) is 18.2 Å². The Balaban J connectivity index is 2.03. The molecule has 2 atom stereocenters. The van der Waals surface area contributed by atoms with Gasteiger partial charge in [0.15, 0.2) is 6.61 Å². The van der Waals surface area contributed by atoms with Crippen molar-refractivity contribution in [3.05, 3.63) is 23.8 Å². The molecule has 1 aliphatic heterocycles. The van der Waals surface area contributed by atoms with Crippen molar-refractivity contribution in [1.82, 2.24) is 0 Å². The fourth-order valence-electron chi connectivity index (χ4n) is 2.78. The fourth-order valence-corrected chi connectivity index (χ4v) is 2.78. The largest absolute Gasteiger partial charge is 0.482 e. The molecule has 1 aliphatic carbocycles. The third-order valence-electron chi connectivity index (χ3n) is 4.36. The minimum Gasteiger partial charge on any atom is -0.482 e. The van der Waals surface area contributed by atoms with Crippen molar-refractivity contribution in [3.63, 3.8) is 0 Å². The van der Waals surface area contributed by atoms with Crippen molar-refractivity contribution in [1.29, 1.82) is 0 Å². The molecule has 1 heterocycles. The highest BCUT2D eigenvalue weighted by Crippen LogP contribution is 2.54. The van der Waals surface area contributed by atoms with Crippen LogP contribution in [0.15, 0.2) is 18.2 Å². The fraction of sp³-hybridized carbons (Fsp3) is 0.500. The molecule has 0 spiro atoms. The molecule has 96 valence electrons. The quantitative estimate of drug-likeness (QED) is 0.857. The zero-order valence-corrected chi connectivity index (χ0v) is 10.6. The zero-order valence-electron chi connectivity index (χ0n) is 10.6. The molecule has 3 rings (SSSR count). The summed E-state index contributed by atoms with van der Waals surface area (Å²) >= 11 is 0. The summed E-state index contributed by atoms with van der Waals surface area (Å²) in [7, 11) is 1.76. The lowest BCUT2D eigenvalue weighted by molar-refractivity contribution is -0.120. The lowest BCUT2D eigenvalue weighted by Crippen LogP contribution is -2.35. The average molecular weight is 247 g/mol. The SMILES string of the molecule is CC1CC1(CO)c1ccc2c(c1)N(C)C(=O)CO2. The van der Waals surface area contributed by atoms with Crippen molar-refractivity contribution in [2.75, 3.05) is 25.2 Å². The monoisotopic (exact) mass is 247 g/mol. The summed E-state index contributed by atoms with van der Waals surface area (Å²) < 4.78 is 5.40. The van der Waals surface area contributed by atoms with Gasteiger partial charge < -0.3 is 14.7 Å². The van der Waals surface area contributed by atoms with Gasteiger partial charge in [-0.05, 0) is 30.0 Å². The highest BCUT2D eigenvalue weighted by Gasteiger charge is 2.52. The van der Waals surface area contributed by atoms with Crippen molar-refractivity contribution in [2.45, 2.75) is 18.8 Å². The van der Waals surface area contributed by atoms with Crippen LogP contribution in [0.1, 0.15) is 18.9 Å². The van der Waals surface area contributed by atoms with E-state index in [0.29, 0.717) is 5.92 Å².